The average molecular weight is 593 g/mol. The topological polar surface area (TPSA) is 92.3 Å². The number of rotatable bonds is 2. The summed E-state index contributed by atoms with van der Waals surface area (Å²) in [7, 11) is 0. The molecule has 10 nitrogen and oxygen atoms in total. The Labute approximate surface area is 250 Å². The minimum atomic E-state index is 0.413. The smallest absolute Gasteiger partial charge is 0.161 e. The van der Waals surface area contributed by atoms with E-state index in [2.05, 4.69) is 13.8 Å². The zero-order valence-corrected chi connectivity index (χ0v) is 25.3. The minimum Gasteiger partial charge on any atom is -0.487 e. The van der Waals surface area contributed by atoms with Crippen molar-refractivity contribution in [2.45, 2.75) is 26.7 Å². The van der Waals surface area contributed by atoms with Gasteiger partial charge in [0, 0.05) is 0 Å². The summed E-state index contributed by atoms with van der Waals surface area (Å²) in [5, 5.41) is 0. The van der Waals surface area contributed by atoms with Crippen molar-refractivity contribution in [3.63, 3.8) is 0 Å². The van der Waals surface area contributed by atoms with Gasteiger partial charge in [0.25, 0.3) is 0 Å². The standard InChI is InChI=1S/C32H48O10/c1-3-27-5-7-29-31(25-27)41-23-19-37-15-11-33-10-14-36-18-22-40-30-8-6-28(4-2)26-32(30)42-24-20-38-16-12-34-9-13-35-17-21-39-29/h5-8,25-26H,3-4,9-24H2,1-2H3. The molecule has 1 aliphatic rings. The van der Waals surface area contributed by atoms with E-state index < -0.39 is 0 Å². The molecule has 0 aromatic heterocycles. The molecule has 0 N–H and O–H groups in total. The molecule has 236 valence electrons. The number of hydrogen-bond donors (Lipinski definition) is 0. The lowest BCUT2D eigenvalue weighted by Crippen LogP contribution is -2.15. The Hall–Kier alpha value is -2.60. The molecule has 0 fully saturated rings. The molecule has 0 bridgehead atoms. The molecule has 0 amide bonds. The Morgan fingerprint density at radius 1 is 0.357 bits per heavy atom. The quantitative estimate of drug-likeness (QED) is 0.507. The van der Waals surface area contributed by atoms with Gasteiger partial charge >= 0.3 is 0 Å². The van der Waals surface area contributed by atoms with Crippen LogP contribution in [0, 0.1) is 0 Å². The van der Waals surface area contributed by atoms with Crippen molar-refractivity contribution >= 4 is 0 Å². The fourth-order valence-corrected chi connectivity index (χ4v) is 3.93. The Morgan fingerprint density at radius 3 is 0.905 bits per heavy atom. The van der Waals surface area contributed by atoms with Gasteiger partial charge in [-0.25, -0.2) is 0 Å². The third-order valence-corrected chi connectivity index (χ3v) is 6.26. The van der Waals surface area contributed by atoms with E-state index in [1.165, 1.54) is 11.1 Å². The SMILES string of the molecule is CCc1ccc2c(c1)OCCOCCOCCOCCOc1ccc(CC)cc1OCCOCCOCCOCCO2. The first-order valence-electron chi connectivity index (χ1n) is 15.0. The predicted molar refractivity (Wildman–Crippen MR) is 159 cm³/mol. The Morgan fingerprint density at radius 2 is 0.619 bits per heavy atom. The molecule has 0 unspecified atom stereocenters. The predicted octanol–water partition coefficient (Wildman–Crippen LogP) is 4.14. The Balaban J connectivity index is 1.43. The van der Waals surface area contributed by atoms with Gasteiger partial charge < -0.3 is 47.4 Å². The fourth-order valence-electron chi connectivity index (χ4n) is 3.93. The van der Waals surface area contributed by atoms with Crippen molar-refractivity contribution in [3.8, 4) is 23.0 Å². The van der Waals surface area contributed by atoms with Gasteiger partial charge in [-0.3, -0.25) is 0 Å². The monoisotopic (exact) mass is 592 g/mol. The summed E-state index contributed by atoms with van der Waals surface area (Å²) in [6.07, 6.45) is 1.83. The van der Waals surface area contributed by atoms with Crippen molar-refractivity contribution in [1.29, 1.82) is 0 Å². The molecule has 0 spiro atoms. The summed E-state index contributed by atoms with van der Waals surface area (Å²) < 4.78 is 57.5. The molecule has 0 aliphatic carbocycles. The molecule has 2 aromatic carbocycles. The lowest BCUT2D eigenvalue weighted by molar-refractivity contribution is 0.00248. The van der Waals surface area contributed by atoms with Crippen LogP contribution in [0.3, 0.4) is 0 Å². The number of aryl methyl sites for hydroxylation is 2. The molecular weight excluding hydrogens is 544 g/mol. The largest absolute Gasteiger partial charge is 0.487 e. The van der Waals surface area contributed by atoms with Crippen LogP contribution in [-0.4, -0.2) is 106 Å². The molecule has 0 atom stereocenters. The van der Waals surface area contributed by atoms with Gasteiger partial charge in [-0.2, -0.15) is 0 Å². The maximum atomic E-state index is 5.96. The van der Waals surface area contributed by atoms with Gasteiger partial charge in [-0.1, -0.05) is 26.0 Å². The second kappa shape index (κ2) is 22.0. The van der Waals surface area contributed by atoms with Crippen molar-refractivity contribution in [2.75, 3.05) is 106 Å². The van der Waals surface area contributed by atoms with Crippen LogP contribution in [0.25, 0.3) is 0 Å². The summed E-state index contributed by atoms with van der Waals surface area (Å²) in [5.74, 6) is 2.79. The molecular formula is C32H48O10. The highest BCUT2D eigenvalue weighted by atomic mass is 16.6. The summed E-state index contributed by atoms with van der Waals surface area (Å²) in [5.41, 5.74) is 2.36. The average Bonchev–Trinajstić information content (AvgIpc) is 3.02. The van der Waals surface area contributed by atoms with Gasteiger partial charge in [0.2, 0.25) is 0 Å². The first-order valence-corrected chi connectivity index (χ1v) is 15.0. The molecule has 1 heterocycles. The van der Waals surface area contributed by atoms with Crippen LogP contribution < -0.4 is 18.9 Å². The molecule has 3 rings (SSSR count). The van der Waals surface area contributed by atoms with Crippen LogP contribution in [0.4, 0.5) is 0 Å². The van der Waals surface area contributed by atoms with Gasteiger partial charge in [0.1, 0.15) is 26.4 Å². The number of fused-ring (bicyclic) bond motifs is 2. The maximum absolute atomic E-state index is 5.96. The lowest BCUT2D eigenvalue weighted by Gasteiger charge is -2.15. The van der Waals surface area contributed by atoms with Crippen LogP contribution in [0.15, 0.2) is 36.4 Å². The molecule has 0 saturated heterocycles. The fraction of sp³-hybridized carbons (Fsp3) is 0.625. The third-order valence-electron chi connectivity index (χ3n) is 6.26. The van der Waals surface area contributed by atoms with E-state index in [-0.39, 0.29) is 0 Å². The van der Waals surface area contributed by atoms with Crippen molar-refractivity contribution < 1.29 is 47.4 Å². The van der Waals surface area contributed by atoms with Crippen molar-refractivity contribution in [1.82, 2.24) is 0 Å². The number of benzene rings is 2. The summed E-state index contributed by atoms with van der Waals surface area (Å²) in [4.78, 5) is 0. The molecule has 2 aromatic rings. The van der Waals surface area contributed by atoms with Gasteiger partial charge in [-0.05, 0) is 48.2 Å². The van der Waals surface area contributed by atoms with E-state index in [1.807, 2.05) is 36.4 Å². The maximum Gasteiger partial charge on any atom is 0.161 e. The molecule has 0 saturated carbocycles. The Kier molecular flexibility index (Phi) is 17.8. The van der Waals surface area contributed by atoms with Crippen LogP contribution >= 0.6 is 0 Å². The van der Waals surface area contributed by atoms with E-state index in [0.29, 0.717) is 129 Å². The first kappa shape index (κ1) is 33.9. The normalized spacial score (nSPS) is 18.5. The summed E-state index contributed by atoms with van der Waals surface area (Å²) in [6.45, 7) is 11.5. The highest BCUT2D eigenvalue weighted by Gasteiger charge is 2.09. The lowest BCUT2D eigenvalue weighted by atomic mass is 10.1. The zero-order valence-electron chi connectivity index (χ0n) is 25.3. The van der Waals surface area contributed by atoms with Crippen LogP contribution in [0.1, 0.15) is 25.0 Å². The summed E-state index contributed by atoms with van der Waals surface area (Å²) >= 11 is 0. The minimum absolute atomic E-state index is 0.413. The first-order chi connectivity index (χ1) is 20.8. The highest BCUT2D eigenvalue weighted by molar-refractivity contribution is 5.43. The van der Waals surface area contributed by atoms with E-state index in [4.69, 9.17) is 47.4 Å². The number of ether oxygens (including phenoxy) is 10. The molecule has 10 heteroatoms. The van der Waals surface area contributed by atoms with E-state index >= 15 is 0 Å². The molecule has 1 aliphatic heterocycles. The van der Waals surface area contributed by atoms with Gasteiger partial charge in [0.15, 0.2) is 23.0 Å². The summed E-state index contributed by atoms with van der Waals surface area (Å²) in [6, 6.07) is 12.0. The zero-order chi connectivity index (χ0) is 29.5. The van der Waals surface area contributed by atoms with Crippen LogP contribution in [0.2, 0.25) is 0 Å². The van der Waals surface area contributed by atoms with Gasteiger partial charge in [-0.15, -0.1) is 0 Å². The van der Waals surface area contributed by atoms with Crippen LogP contribution in [0.5, 0.6) is 23.0 Å². The Bertz CT molecular complexity index is 893. The second-order valence-electron chi connectivity index (χ2n) is 9.34. The van der Waals surface area contributed by atoms with Gasteiger partial charge in [0.05, 0.1) is 79.3 Å². The van der Waals surface area contributed by atoms with Crippen molar-refractivity contribution in [3.05, 3.63) is 47.5 Å². The third kappa shape index (κ3) is 14.0. The van der Waals surface area contributed by atoms with E-state index in [1.54, 1.807) is 0 Å². The van der Waals surface area contributed by atoms with Crippen LogP contribution in [-0.2, 0) is 41.3 Å². The van der Waals surface area contributed by atoms with E-state index in [9.17, 15) is 0 Å². The highest BCUT2D eigenvalue weighted by Crippen LogP contribution is 2.29. The molecule has 0 radical (unpaired) electrons. The van der Waals surface area contributed by atoms with E-state index in [0.717, 1.165) is 12.8 Å². The number of hydrogen-bond acceptors (Lipinski definition) is 10. The molecule has 42 heavy (non-hydrogen) atoms. The van der Waals surface area contributed by atoms with Crippen molar-refractivity contribution in [2.24, 2.45) is 0 Å². The second-order valence-corrected chi connectivity index (χ2v) is 9.34.